The second-order valence-electron chi connectivity index (χ2n) is 6.09. The molecule has 0 saturated carbocycles. The fourth-order valence-corrected chi connectivity index (χ4v) is 3.09. The number of fused-ring (bicyclic) bond motifs is 2. The SMILES string of the molecule is CCCCC=CCc1ccc2c(c1C(=O)O)Cc1ccccc1O2. The van der Waals surface area contributed by atoms with Crippen LogP contribution in [0.25, 0.3) is 0 Å². The number of aromatic carboxylic acids is 1. The summed E-state index contributed by atoms with van der Waals surface area (Å²) in [5, 5.41) is 9.73. The molecular formula is C21H22O3. The van der Waals surface area contributed by atoms with E-state index in [2.05, 4.69) is 19.1 Å². The number of rotatable bonds is 6. The van der Waals surface area contributed by atoms with Gasteiger partial charge in [0.05, 0.1) is 5.56 Å². The van der Waals surface area contributed by atoms with Crippen LogP contribution in [0.3, 0.4) is 0 Å². The van der Waals surface area contributed by atoms with Gasteiger partial charge in [-0.3, -0.25) is 0 Å². The van der Waals surface area contributed by atoms with Crippen molar-refractivity contribution in [2.75, 3.05) is 0 Å². The van der Waals surface area contributed by atoms with Crippen molar-refractivity contribution in [1.82, 2.24) is 0 Å². The maximum Gasteiger partial charge on any atom is 0.336 e. The normalized spacial score (nSPS) is 12.5. The second kappa shape index (κ2) is 7.35. The molecule has 2 aromatic rings. The van der Waals surface area contributed by atoms with Crippen LogP contribution in [0.2, 0.25) is 0 Å². The maximum atomic E-state index is 11.9. The molecule has 3 nitrogen and oxygen atoms in total. The van der Waals surface area contributed by atoms with Crippen molar-refractivity contribution in [3.63, 3.8) is 0 Å². The van der Waals surface area contributed by atoms with Crippen molar-refractivity contribution in [3.8, 4) is 11.5 Å². The second-order valence-corrected chi connectivity index (χ2v) is 6.09. The zero-order chi connectivity index (χ0) is 16.9. The third-order valence-electron chi connectivity index (χ3n) is 4.36. The first-order valence-electron chi connectivity index (χ1n) is 8.49. The van der Waals surface area contributed by atoms with E-state index in [-0.39, 0.29) is 0 Å². The largest absolute Gasteiger partial charge is 0.478 e. The van der Waals surface area contributed by atoms with Crippen LogP contribution in [-0.4, -0.2) is 11.1 Å². The predicted molar refractivity (Wildman–Crippen MR) is 95.1 cm³/mol. The highest BCUT2D eigenvalue weighted by Crippen LogP contribution is 2.39. The topological polar surface area (TPSA) is 46.5 Å². The minimum atomic E-state index is -0.883. The van der Waals surface area contributed by atoms with Crippen LogP contribution in [0.4, 0.5) is 0 Å². The molecule has 3 rings (SSSR count). The first kappa shape index (κ1) is 16.3. The Morgan fingerprint density at radius 3 is 2.79 bits per heavy atom. The van der Waals surface area contributed by atoms with E-state index in [4.69, 9.17) is 4.74 Å². The molecule has 1 aliphatic heterocycles. The molecule has 0 amide bonds. The van der Waals surface area contributed by atoms with Gasteiger partial charge in [-0.25, -0.2) is 4.79 Å². The Kier molecular flexibility index (Phi) is 4.99. The predicted octanol–water partition coefficient (Wildman–Crippen LogP) is 5.37. The van der Waals surface area contributed by atoms with E-state index in [0.717, 1.165) is 35.3 Å². The number of carbonyl (C=O) groups is 1. The van der Waals surface area contributed by atoms with Crippen LogP contribution in [0.5, 0.6) is 11.5 Å². The van der Waals surface area contributed by atoms with Gasteiger partial charge in [0.2, 0.25) is 0 Å². The maximum absolute atomic E-state index is 11.9. The summed E-state index contributed by atoms with van der Waals surface area (Å²) >= 11 is 0. The standard InChI is InChI=1S/C21H22O3/c1-2-3-4-5-6-9-15-12-13-19-17(20(15)21(22)23)14-16-10-7-8-11-18(16)24-19/h5-8,10-13H,2-4,9,14H2,1H3,(H,22,23). The molecule has 2 aromatic carbocycles. The molecule has 0 saturated heterocycles. The molecule has 0 fully saturated rings. The van der Waals surface area contributed by atoms with Crippen molar-refractivity contribution in [3.05, 3.63) is 70.8 Å². The molecule has 1 heterocycles. The lowest BCUT2D eigenvalue weighted by atomic mass is 9.91. The fraction of sp³-hybridized carbons (Fsp3) is 0.286. The highest BCUT2D eigenvalue weighted by atomic mass is 16.5. The van der Waals surface area contributed by atoms with Gasteiger partial charge in [0.1, 0.15) is 11.5 Å². The Labute approximate surface area is 142 Å². The number of benzene rings is 2. The zero-order valence-electron chi connectivity index (χ0n) is 13.9. The lowest BCUT2D eigenvalue weighted by molar-refractivity contribution is 0.0694. The van der Waals surface area contributed by atoms with Gasteiger partial charge in [0.15, 0.2) is 0 Å². The van der Waals surface area contributed by atoms with Crippen LogP contribution in [0, 0.1) is 0 Å². The zero-order valence-corrected chi connectivity index (χ0v) is 13.9. The number of para-hydroxylation sites is 1. The van der Waals surface area contributed by atoms with Crippen LogP contribution in [0.15, 0.2) is 48.6 Å². The highest BCUT2D eigenvalue weighted by molar-refractivity contribution is 5.92. The minimum Gasteiger partial charge on any atom is -0.478 e. The van der Waals surface area contributed by atoms with Crippen molar-refractivity contribution in [2.24, 2.45) is 0 Å². The Balaban J connectivity index is 1.91. The van der Waals surface area contributed by atoms with Gasteiger partial charge in [0, 0.05) is 12.0 Å². The first-order chi connectivity index (χ1) is 11.7. The number of unbranched alkanes of at least 4 members (excludes halogenated alkanes) is 2. The summed E-state index contributed by atoms with van der Waals surface area (Å²) in [7, 11) is 0. The molecule has 1 aliphatic rings. The molecule has 0 radical (unpaired) electrons. The summed E-state index contributed by atoms with van der Waals surface area (Å²) in [5.74, 6) is 0.588. The van der Waals surface area contributed by atoms with Crippen LogP contribution < -0.4 is 4.74 Å². The molecular weight excluding hydrogens is 300 g/mol. The molecule has 0 aliphatic carbocycles. The number of hydrogen-bond acceptors (Lipinski definition) is 2. The Bertz CT molecular complexity index is 775. The van der Waals surface area contributed by atoms with Gasteiger partial charge in [-0.1, -0.05) is 56.2 Å². The van der Waals surface area contributed by atoms with E-state index in [1.165, 1.54) is 6.42 Å². The summed E-state index contributed by atoms with van der Waals surface area (Å²) in [6.45, 7) is 2.16. The smallest absolute Gasteiger partial charge is 0.336 e. The molecule has 0 unspecified atom stereocenters. The average molecular weight is 322 g/mol. The third-order valence-corrected chi connectivity index (χ3v) is 4.36. The van der Waals surface area contributed by atoms with Gasteiger partial charge in [0.25, 0.3) is 0 Å². The van der Waals surface area contributed by atoms with E-state index in [1.54, 1.807) is 0 Å². The van der Waals surface area contributed by atoms with Gasteiger partial charge >= 0.3 is 5.97 Å². The molecule has 1 N–H and O–H groups in total. The minimum absolute atomic E-state index is 0.391. The van der Waals surface area contributed by atoms with E-state index >= 15 is 0 Å². The number of hydrogen-bond donors (Lipinski definition) is 1. The van der Waals surface area contributed by atoms with Crippen LogP contribution >= 0.6 is 0 Å². The van der Waals surface area contributed by atoms with Crippen molar-refractivity contribution in [2.45, 2.75) is 39.0 Å². The fourth-order valence-electron chi connectivity index (χ4n) is 3.09. The van der Waals surface area contributed by atoms with E-state index < -0.39 is 5.97 Å². The Morgan fingerprint density at radius 2 is 2.00 bits per heavy atom. The molecule has 3 heteroatoms. The summed E-state index contributed by atoms with van der Waals surface area (Å²) in [5.41, 5.74) is 3.04. The summed E-state index contributed by atoms with van der Waals surface area (Å²) < 4.78 is 5.90. The molecule has 0 aromatic heterocycles. The number of allylic oxidation sites excluding steroid dienone is 2. The van der Waals surface area contributed by atoms with Gasteiger partial charge in [-0.05, 0) is 36.1 Å². The Hall–Kier alpha value is -2.55. The highest BCUT2D eigenvalue weighted by Gasteiger charge is 2.24. The molecule has 0 spiro atoms. The van der Waals surface area contributed by atoms with Gasteiger partial charge < -0.3 is 9.84 Å². The number of carboxylic acid groups (broad SMARTS) is 1. The third kappa shape index (κ3) is 3.35. The van der Waals surface area contributed by atoms with Crippen molar-refractivity contribution < 1.29 is 14.6 Å². The molecule has 0 bridgehead atoms. The molecule has 0 atom stereocenters. The van der Waals surface area contributed by atoms with Crippen LogP contribution in [-0.2, 0) is 12.8 Å². The number of carboxylic acids is 1. The average Bonchev–Trinajstić information content (AvgIpc) is 2.59. The summed E-state index contributed by atoms with van der Waals surface area (Å²) in [6.07, 6.45) is 8.82. The van der Waals surface area contributed by atoms with E-state index in [9.17, 15) is 9.90 Å². The summed E-state index contributed by atoms with van der Waals surface area (Å²) in [6, 6.07) is 11.6. The lowest BCUT2D eigenvalue weighted by Gasteiger charge is -2.22. The van der Waals surface area contributed by atoms with Crippen LogP contribution in [0.1, 0.15) is 53.2 Å². The quantitative estimate of drug-likeness (QED) is 0.490. The first-order valence-corrected chi connectivity index (χ1v) is 8.49. The van der Waals surface area contributed by atoms with Crippen molar-refractivity contribution in [1.29, 1.82) is 0 Å². The lowest BCUT2D eigenvalue weighted by Crippen LogP contribution is -2.12. The Morgan fingerprint density at radius 1 is 1.17 bits per heavy atom. The number of ether oxygens (including phenoxy) is 1. The molecule has 24 heavy (non-hydrogen) atoms. The van der Waals surface area contributed by atoms with E-state index in [1.807, 2.05) is 36.4 Å². The van der Waals surface area contributed by atoms with Gasteiger partial charge in [-0.2, -0.15) is 0 Å². The van der Waals surface area contributed by atoms with E-state index in [0.29, 0.717) is 24.2 Å². The molecule has 124 valence electrons. The monoisotopic (exact) mass is 322 g/mol. The van der Waals surface area contributed by atoms with Crippen molar-refractivity contribution >= 4 is 5.97 Å². The summed E-state index contributed by atoms with van der Waals surface area (Å²) in [4.78, 5) is 11.9. The van der Waals surface area contributed by atoms with Gasteiger partial charge in [-0.15, -0.1) is 0 Å².